The van der Waals surface area contributed by atoms with Crippen molar-refractivity contribution in [2.45, 2.75) is 19.3 Å². The molecule has 0 atom stereocenters. The van der Waals surface area contributed by atoms with Gasteiger partial charge in [0.05, 0.1) is 0 Å². The first-order chi connectivity index (χ1) is 8.84. The van der Waals surface area contributed by atoms with Crippen molar-refractivity contribution >= 4 is 27.2 Å². The molecule has 1 aromatic heterocycles. The molecule has 1 aromatic carbocycles. The van der Waals surface area contributed by atoms with Crippen LogP contribution >= 0.6 is 11.3 Å². The van der Waals surface area contributed by atoms with Crippen molar-refractivity contribution in [1.29, 1.82) is 0 Å². The lowest BCUT2D eigenvalue weighted by Crippen LogP contribution is -2.22. The summed E-state index contributed by atoms with van der Waals surface area (Å²) in [5.74, 6) is 0.291. The van der Waals surface area contributed by atoms with Crippen LogP contribution < -0.4 is 0 Å². The summed E-state index contributed by atoms with van der Waals surface area (Å²) >= 11 is 1.67. The quantitative estimate of drug-likeness (QED) is 0.782. The molecule has 1 fully saturated rings. The van der Waals surface area contributed by atoms with E-state index < -0.39 is 0 Å². The van der Waals surface area contributed by atoms with Gasteiger partial charge in [-0.05, 0) is 32.0 Å². The van der Waals surface area contributed by atoms with Crippen molar-refractivity contribution < 1.29 is 4.79 Å². The molecular formula is C15H17NOS. The Hall–Kier alpha value is -1.19. The maximum atomic E-state index is 12.3. The monoisotopic (exact) mass is 259 g/mol. The van der Waals surface area contributed by atoms with Crippen LogP contribution in [-0.2, 0) is 0 Å². The van der Waals surface area contributed by atoms with Crippen LogP contribution in [0.25, 0.3) is 10.1 Å². The number of carbonyl (C=O) groups excluding carboxylic acids is 1. The Bertz CT molecular complexity index is 554. The van der Waals surface area contributed by atoms with E-state index in [0.717, 1.165) is 30.6 Å². The molecule has 1 saturated heterocycles. The molecule has 0 N–H and O–H groups in total. The van der Waals surface area contributed by atoms with Gasteiger partial charge in [-0.2, -0.15) is 0 Å². The van der Waals surface area contributed by atoms with Crippen molar-refractivity contribution in [2.75, 3.05) is 19.6 Å². The highest BCUT2D eigenvalue weighted by Gasteiger charge is 2.15. The summed E-state index contributed by atoms with van der Waals surface area (Å²) in [6.45, 7) is 3.25. The summed E-state index contributed by atoms with van der Waals surface area (Å²) in [5.41, 5.74) is 0.912. The Kier molecular flexibility index (Phi) is 3.43. The predicted octanol–water partition coefficient (Wildman–Crippen LogP) is 3.57. The summed E-state index contributed by atoms with van der Waals surface area (Å²) < 4.78 is 1.21. The zero-order valence-electron chi connectivity index (χ0n) is 10.4. The molecule has 0 unspecified atom stereocenters. The minimum Gasteiger partial charge on any atom is -0.303 e. The number of benzene rings is 1. The number of hydrogen-bond donors (Lipinski definition) is 0. The van der Waals surface area contributed by atoms with Crippen molar-refractivity contribution in [3.8, 4) is 0 Å². The molecule has 94 valence electrons. The van der Waals surface area contributed by atoms with E-state index in [9.17, 15) is 4.79 Å². The van der Waals surface area contributed by atoms with E-state index in [0.29, 0.717) is 12.2 Å². The molecule has 2 aromatic rings. The van der Waals surface area contributed by atoms with Gasteiger partial charge in [-0.1, -0.05) is 18.2 Å². The average molecular weight is 259 g/mol. The predicted molar refractivity (Wildman–Crippen MR) is 76.4 cm³/mol. The number of hydrogen-bond acceptors (Lipinski definition) is 3. The Morgan fingerprint density at radius 2 is 2.00 bits per heavy atom. The molecule has 3 heteroatoms. The normalized spacial score (nSPS) is 16.4. The highest BCUT2D eigenvalue weighted by Crippen LogP contribution is 2.26. The number of nitrogens with zero attached hydrogens (tertiary/aromatic N) is 1. The topological polar surface area (TPSA) is 20.3 Å². The summed E-state index contributed by atoms with van der Waals surface area (Å²) in [6, 6.07) is 8.16. The van der Waals surface area contributed by atoms with Crippen molar-refractivity contribution in [3.63, 3.8) is 0 Å². The fourth-order valence-corrected chi connectivity index (χ4v) is 3.56. The number of thiophene rings is 1. The number of carbonyl (C=O) groups is 1. The molecule has 0 aliphatic carbocycles. The molecule has 1 aliphatic heterocycles. The molecule has 2 nitrogen and oxygen atoms in total. The van der Waals surface area contributed by atoms with Gasteiger partial charge < -0.3 is 4.90 Å². The Morgan fingerprint density at radius 3 is 2.83 bits per heavy atom. The van der Waals surface area contributed by atoms with Crippen LogP contribution in [0.4, 0.5) is 0 Å². The standard InChI is InChI=1S/C15H17NOS/c17-14(7-10-16-8-3-4-9-16)13-11-18-15-6-2-1-5-12(13)15/h1-2,5-6,11H,3-4,7-10H2. The van der Waals surface area contributed by atoms with Gasteiger partial charge in [-0.25, -0.2) is 0 Å². The van der Waals surface area contributed by atoms with E-state index in [1.165, 1.54) is 17.5 Å². The molecule has 0 bridgehead atoms. The van der Waals surface area contributed by atoms with Crippen LogP contribution in [0.5, 0.6) is 0 Å². The molecule has 18 heavy (non-hydrogen) atoms. The first kappa shape index (κ1) is 11.9. The van der Waals surface area contributed by atoms with Gasteiger partial charge in [0, 0.05) is 34.0 Å². The lowest BCUT2D eigenvalue weighted by Gasteiger charge is -2.13. The van der Waals surface area contributed by atoms with E-state index in [1.807, 2.05) is 17.5 Å². The third-order valence-corrected chi connectivity index (χ3v) is 4.60. The summed E-state index contributed by atoms with van der Waals surface area (Å²) in [4.78, 5) is 14.7. The summed E-state index contributed by atoms with van der Waals surface area (Å²) in [7, 11) is 0. The van der Waals surface area contributed by atoms with Gasteiger partial charge in [0.1, 0.15) is 0 Å². The third kappa shape index (κ3) is 2.33. The number of fused-ring (bicyclic) bond motifs is 1. The van der Waals surface area contributed by atoms with Crippen LogP contribution in [0.15, 0.2) is 29.6 Å². The van der Waals surface area contributed by atoms with Crippen LogP contribution in [-0.4, -0.2) is 30.3 Å². The van der Waals surface area contributed by atoms with E-state index in [4.69, 9.17) is 0 Å². The van der Waals surface area contributed by atoms with E-state index in [1.54, 1.807) is 11.3 Å². The number of rotatable bonds is 4. The Balaban J connectivity index is 1.71. The molecule has 1 aliphatic rings. The number of ketones is 1. The molecule has 3 rings (SSSR count). The lowest BCUT2D eigenvalue weighted by molar-refractivity contribution is 0.0971. The Morgan fingerprint density at radius 1 is 1.22 bits per heavy atom. The first-order valence-corrected chi connectivity index (χ1v) is 7.44. The fourth-order valence-electron chi connectivity index (χ4n) is 2.59. The molecule has 2 heterocycles. The van der Waals surface area contributed by atoms with Crippen LogP contribution in [0.1, 0.15) is 29.6 Å². The van der Waals surface area contributed by atoms with Crippen molar-refractivity contribution in [2.24, 2.45) is 0 Å². The fraction of sp³-hybridized carbons (Fsp3) is 0.400. The highest BCUT2D eigenvalue weighted by atomic mass is 32.1. The van der Waals surface area contributed by atoms with Crippen LogP contribution in [0.2, 0.25) is 0 Å². The number of Topliss-reactive ketones (excluding diaryl/α,β-unsaturated/α-hetero) is 1. The third-order valence-electron chi connectivity index (χ3n) is 3.64. The highest BCUT2D eigenvalue weighted by molar-refractivity contribution is 7.17. The molecule has 0 saturated carbocycles. The summed E-state index contributed by atoms with van der Waals surface area (Å²) in [6.07, 6.45) is 3.23. The van der Waals surface area contributed by atoms with Gasteiger partial charge in [0.15, 0.2) is 5.78 Å². The van der Waals surface area contributed by atoms with Crippen LogP contribution in [0, 0.1) is 0 Å². The maximum absolute atomic E-state index is 12.3. The maximum Gasteiger partial charge on any atom is 0.165 e. The van der Waals surface area contributed by atoms with Gasteiger partial charge >= 0.3 is 0 Å². The number of likely N-dealkylation sites (tertiary alicyclic amines) is 1. The molecule has 0 spiro atoms. The first-order valence-electron chi connectivity index (χ1n) is 6.56. The van der Waals surface area contributed by atoms with Gasteiger partial charge in [0.2, 0.25) is 0 Å². The lowest BCUT2D eigenvalue weighted by atomic mass is 10.1. The van der Waals surface area contributed by atoms with E-state index >= 15 is 0 Å². The summed E-state index contributed by atoms with van der Waals surface area (Å²) in [5, 5.41) is 3.13. The molecular weight excluding hydrogens is 242 g/mol. The average Bonchev–Trinajstić information content (AvgIpc) is 3.05. The zero-order valence-corrected chi connectivity index (χ0v) is 11.2. The smallest absolute Gasteiger partial charge is 0.165 e. The van der Waals surface area contributed by atoms with Crippen molar-refractivity contribution in [1.82, 2.24) is 4.90 Å². The zero-order chi connectivity index (χ0) is 12.4. The van der Waals surface area contributed by atoms with Gasteiger partial charge in [0.25, 0.3) is 0 Å². The van der Waals surface area contributed by atoms with Gasteiger partial charge in [-0.3, -0.25) is 4.79 Å². The molecule has 0 radical (unpaired) electrons. The van der Waals surface area contributed by atoms with E-state index in [2.05, 4.69) is 17.0 Å². The SMILES string of the molecule is O=C(CCN1CCCC1)c1csc2ccccc12. The second-order valence-corrected chi connectivity index (χ2v) is 5.78. The minimum absolute atomic E-state index is 0.291. The Labute approximate surface area is 111 Å². The van der Waals surface area contributed by atoms with Crippen molar-refractivity contribution in [3.05, 3.63) is 35.2 Å². The second kappa shape index (κ2) is 5.21. The molecule has 0 amide bonds. The largest absolute Gasteiger partial charge is 0.303 e. The van der Waals surface area contributed by atoms with Crippen LogP contribution in [0.3, 0.4) is 0 Å². The second-order valence-electron chi connectivity index (χ2n) is 4.87. The van der Waals surface area contributed by atoms with E-state index in [-0.39, 0.29) is 0 Å². The van der Waals surface area contributed by atoms with Gasteiger partial charge in [-0.15, -0.1) is 11.3 Å². The minimum atomic E-state index is 0.291.